The molecule has 0 N–H and O–H groups in total. The first-order valence-corrected chi connectivity index (χ1v) is 7.02. The minimum Gasteiger partial charge on any atom is -0.464 e. The van der Waals surface area contributed by atoms with Crippen molar-refractivity contribution in [3.63, 3.8) is 0 Å². The van der Waals surface area contributed by atoms with Gasteiger partial charge in [-0.3, -0.25) is 9.58 Å². The van der Waals surface area contributed by atoms with Crippen molar-refractivity contribution < 1.29 is 23.9 Å². The molecule has 1 unspecified atom stereocenters. The Morgan fingerprint density at radius 2 is 1.87 bits per heavy atom. The molecule has 1 aromatic rings. The highest BCUT2D eigenvalue weighted by Gasteiger charge is 2.40. The van der Waals surface area contributed by atoms with Crippen LogP contribution in [-0.4, -0.2) is 52.8 Å². The molecule has 0 fully saturated rings. The summed E-state index contributed by atoms with van der Waals surface area (Å²) in [5.74, 6) is -0.625. The van der Waals surface area contributed by atoms with Gasteiger partial charge in [-0.15, -0.1) is 0 Å². The van der Waals surface area contributed by atoms with Crippen LogP contribution in [0.15, 0.2) is 6.07 Å². The first-order valence-electron chi connectivity index (χ1n) is 7.02. The number of aryl methyl sites for hydroxylation is 1. The van der Waals surface area contributed by atoms with E-state index in [4.69, 9.17) is 4.74 Å². The molecule has 8 heteroatoms. The van der Waals surface area contributed by atoms with E-state index in [0.717, 1.165) is 0 Å². The molecule has 0 saturated heterocycles. The molecule has 1 atom stereocenters. The summed E-state index contributed by atoms with van der Waals surface area (Å²) in [7, 11) is 4.27. The molecule has 0 aliphatic rings. The van der Waals surface area contributed by atoms with Crippen LogP contribution in [0.1, 0.15) is 43.9 Å². The van der Waals surface area contributed by atoms with E-state index in [0.29, 0.717) is 12.0 Å². The van der Waals surface area contributed by atoms with Gasteiger partial charge in [-0.25, -0.2) is 9.59 Å². The lowest BCUT2D eigenvalue weighted by Gasteiger charge is -2.35. The van der Waals surface area contributed by atoms with Crippen LogP contribution >= 0.6 is 0 Å². The van der Waals surface area contributed by atoms with Crippen molar-refractivity contribution in [3.8, 4) is 0 Å². The second-order valence-corrected chi connectivity index (χ2v) is 6.33. The van der Waals surface area contributed by atoms with Gasteiger partial charge in [0.05, 0.1) is 12.8 Å². The maximum atomic E-state index is 12.3. The summed E-state index contributed by atoms with van der Waals surface area (Å²) in [6.45, 7) is 6.74. The Morgan fingerprint density at radius 3 is 2.30 bits per heavy atom. The number of aldehydes is 1. The van der Waals surface area contributed by atoms with Crippen LogP contribution in [0, 0.1) is 0 Å². The molecular formula is C15H23N3O5. The van der Waals surface area contributed by atoms with Gasteiger partial charge in [-0.1, -0.05) is 0 Å². The largest absolute Gasteiger partial charge is 0.464 e. The summed E-state index contributed by atoms with van der Waals surface area (Å²) < 4.78 is 11.3. The lowest BCUT2D eigenvalue weighted by Crippen LogP contribution is -2.49. The molecule has 23 heavy (non-hydrogen) atoms. The molecule has 8 nitrogen and oxygen atoms in total. The third-order valence-electron chi connectivity index (χ3n) is 3.39. The molecule has 0 spiro atoms. The Morgan fingerprint density at radius 1 is 1.30 bits per heavy atom. The third-order valence-corrected chi connectivity index (χ3v) is 3.39. The molecule has 0 aliphatic carbocycles. The maximum absolute atomic E-state index is 12.3. The number of carbonyl (C=O) groups is 3. The van der Waals surface area contributed by atoms with Crippen molar-refractivity contribution in [2.45, 2.75) is 38.8 Å². The standard InChI is InChI=1S/C15H23N3O5/c1-14(2,3)23-13(21)17(5)15(4,9-19)11-8-10(12(20)22-7)16-18(11)6/h8-9H,1-7H3. The van der Waals surface area contributed by atoms with Gasteiger partial charge in [0.1, 0.15) is 11.1 Å². The number of methoxy groups -OCH3 is 1. The number of hydrogen-bond donors (Lipinski definition) is 0. The monoisotopic (exact) mass is 325 g/mol. The van der Waals surface area contributed by atoms with E-state index < -0.39 is 23.2 Å². The van der Waals surface area contributed by atoms with Gasteiger partial charge >= 0.3 is 12.1 Å². The average Bonchev–Trinajstić information content (AvgIpc) is 2.85. The normalized spacial score (nSPS) is 13.9. The molecular weight excluding hydrogens is 302 g/mol. The van der Waals surface area contributed by atoms with Crippen molar-refractivity contribution >= 4 is 18.3 Å². The summed E-state index contributed by atoms with van der Waals surface area (Å²) in [5.41, 5.74) is -1.63. The number of amides is 1. The smallest absolute Gasteiger partial charge is 0.411 e. The average molecular weight is 325 g/mol. The van der Waals surface area contributed by atoms with Crippen LogP contribution in [0.3, 0.4) is 0 Å². The SMILES string of the molecule is COC(=O)c1cc(C(C)(C=O)N(C)C(=O)OC(C)(C)C)n(C)n1. The van der Waals surface area contributed by atoms with Crippen molar-refractivity contribution in [1.29, 1.82) is 0 Å². The van der Waals surface area contributed by atoms with E-state index >= 15 is 0 Å². The van der Waals surface area contributed by atoms with Crippen LogP contribution in [0.25, 0.3) is 0 Å². The molecule has 1 heterocycles. The van der Waals surface area contributed by atoms with Gasteiger partial charge in [0.25, 0.3) is 0 Å². The van der Waals surface area contributed by atoms with Crippen molar-refractivity contribution in [2.75, 3.05) is 14.2 Å². The lowest BCUT2D eigenvalue weighted by molar-refractivity contribution is -0.117. The van der Waals surface area contributed by atoms with Gasteiger partial charge < -0.3 is 14.3 Å². The van der Waals surface area contributed by atoms with Crippen LogP contribution < -0.4 is 0 Å². The number of ether oxygens (including phenoxy) is 2. The van der Waals surface area contributed by atoms with Crippen LogP contribution in [-0.2, 0) is 26.9 Å². The van der Waals surface area contributed by atoms with E-state index in [-0.39, 0.29) is 5.69 Å². The van der Waals surface area contributed by atoms with Gasteiger partial charge in [0, 0.05) is 14.1 Å². The number of likely N-dealkylation sites (N-methyl/N-ethyl adjacent to an activating group) is 1. The quantitative estimate of drug-likeness (QED) is 0.615. The second-order valence-electron chi connectivity index (χ2n) is 6.33. The Bertz CT molecular complexity index is 617. The second kappa shape index (κ2) is 6.39. The molecule has 1 aromatic heterocycles. The molecule has 0 saturated carbocycles. The first kappa shape index (κ1) is 18.7. The number of carbonyl (C=O) groups excluding carboxylic acids is 3. The molecule has 1 rings (SSSR count). The maximum Gasteiger partial charge on any atom is 0.411 e. The van der Waals surface area contributed by atoms with E-state index in [1.54, 1.807) is 34.7 Å². The van der Waals surface area contributed by atoms with Crippen LogP contribution in [0.4, 0.5) is 4.79 Å². The summed E-state index contributed by atoms with van der Waals surface area (Å²) in [5, 5.41) is 4.02. The Labute approximate surface area is 135 Å². The van der Waals surface area contributed by atoms with E-state index in [1.807, 2.05) is 0 Å². The van der Waals surface area contributed by atoms with Crippen molar-refractivity contribution in [3.05, 3.63) is 17.5 Å². The molecule has 0 aromatic carbocycles. The van der Waals surface area contributed by atoms with Gasteiger partial charge in [-0.2, -0.15) is 5.10 Å². The fraction of sp³-hybridized carbons (Fsp3) is 0.600. The summed E-state index contributed by atoms with van der Waals surface area (Å²) in [6, 6.07) is 1.42. The van der Waals surface area contributed by atoms with Crippen molar-refractivity contribution in [2.24, 2.45) is 7.05 Å². The minimum atomic E-state index is -1.35. The topological polar surface area (TPSA) is 90.7 Å². The Hall–Kier alpha value is -2.38. The first-order chi connectivity index (χ1) is 10.5. The number of rotatable bonds is 4. The highest BCUT2D eigenvalue weighted by molar-refractivity contribution is 5.88. The predicted octanol–water partition coefficient (Wildman–Crippen LogP) is 1.49. The van der Waals surface area contributed by atoms with E-state index in [1.165, 1.54) is 29.8 Å². The molecule has 0 radical (unpaired) electrons. The lowest BCUT2D eigenvalue weighted by atomic mass is 9.97. The Balaban J connectivity index is 3.24. The number of aromatic nitrogens is 2. The number of esters is 1. The fourth-order valence-corrected chi connectivity index (χ4v) is 1.98. The van der Waals surface area contributed by atoms with Crippen LogP contribution in [0.5, 0.6) is 0 Å². The number of hydrogen-bond acceptors (Lipinski definition) is 6. The summed E-state index contributed by atoms with van der Waals surface area (Å²) in [6.07, 6.45) is -0.0532. The number of nitrogens with zero attached hydrogens (tertiary/aromatic N) is 3. The molecule has 128 valence electrons. The summed E-state index contributed by atoms with van der Waals surface area (Å²) >= 11 is 0. The molecule has 0 bridgehead atoms. The van der Waals surface area contributed by atoms with E-state index in [2.05, 4.69) is 9.84 Å². The van der Waals surface area contributed by atoms with Gasteiger partial charge in [0.2, 0.25) is 0 Å². The zero-order valence-corrected chi connectivity index (χ0v) is 14.5. The third kappa shape index (κ3) is 3.88. The highest BCUT2D eigenvalue weighted by Crippen LogP contribution is 2.27. The van der Waals surface area contributed by atoms with E-state index in [9.17, 15) is 14.4 Å². The highest BCUT2D eigenvalue weighted by atomic mass is 16.6. The zero-order valence-electron chi connectivity index (χ0n) is 14.5. The van der Waals surface area contributed by atoms with Crippen molar-refractivity contribution in [1.82, 2.24) is 14.7 Å². The van der Waals surface area contributed by atoms with Gasteiger partial charge in [0.15, 0.2) is 12.0 Å². The van der Waals surface area contributed by atoms with Gasteiger partial charge in [-0.05, 0) is 33.8 Å². The van der Waals surface area contributed by atoms with Crippen LogP contribution in [0.2, 0.25) is 0 Å². The zero-order chi connectivity index (χ0) is 18.0. The molecule has 0 aliphatic heterocycles. The molecule has 1 amide bonds. The minimum absolute atomic E-state index is 0.0515. The predicted molar refractivity (Wildman–Crippen MR) is 82.0 cm³/mol. The summed E-state index contributed by atoms with van der Waals surface area (Å²) in [4.78, 5) is 36.8. The Kier molecular flexibility index (Phi) is 5.19. The fourth-order valence-electron chi connectivity index (χ4n) is 1.98.